The number of Topliss-reactive ketones (excluding diaryl/α,β-unsaturated/α-hetero) is 1. The summed E-state index contributed by atoms with van der Waals surface area (Å²) in [6.07, 6.45) is 2.01. The lowest BCUT2D eigenvalue weighted by atomic mass is 10.0. The summed E-state index contributed by atoms with van der Waals surface area (Å²) in [7, 11) is -2.50. The number of methoxy groups -OCH3 is 1. The van der Waals surface area contributed by atoms with Gasteiger partial charge < -0.3 is 15.0 Å². The van der Waals surface area contributed by atoms with Gasteiger partial charge in [0.15, 0.2) is 5.78 Å². The first-order valence-corrected chi connectivity index (χ1v) is 13.7. The molecule has 1 unspecified atom stereocenters. The Morgan fingerprint density at radius 1 is 1.08 bits per heavy atom. The average molecular weight is 535 g/mol. The van der Waals surface area contributed by atoms with Crippen LogP contribution in [0.25, 0.3) is 10.9 Å². The number of ether oxygens (including phenoxy) is 1. The van der Waals surface area contributed by atoms with Crippen LogP contribution in [0.1, 0.15) is 16.8 Å². The SMILES string of the molecule is COc1ccccc1N1CCNC(C(=O)c2ccc(NS(=O)(=O)c3cccc4cccnc34)c(F)c2)CC1. The van der Waals surface area contributed by atoms with Crippen molar-refractivity contribution in [2.24, 2.45) is 0 Å². The van der Waals surface area contributed by atoms with E-state index in [4.69, 9.17) is 4.74 Å². The van der Waals surface area contributed by atoms with E-state index in [0.29, 0.717) is 31.4 Å². The van der Waals surface area contributed by atoms with Crippen LogP contribution < -0.4 is 19.7 Å². The molecule has 1 fully saturated rings. The minimum atomic E-state index is -4.12. The Balaban J connectivity index is 1.31. The zero-order valence-electron chi connectivity index (χ0n) is 20.7. The number of ketones is 1. The monoisotopic (exact) mass is 534 g/mol. The number of hydrogen-bond acceptors (Lipinski definition) is 7. The Hall–Kier alpha value is -4.02. The summed E-state index contributed by atoms with van der Waals surface area (Å²) >= 11 is 0. The fourth-order valence-corrected chi connectivity index (χ4v) is 5.92. The molecule has 8 nitrogen and oxygen atoms in total. The van der Waals surface area contributed by atoms with E-state index >= 15 is 4.39 Å². The normalized spacial score (nSPS) is 16.2. The third kappa shape index (κ3) is 5.18. The smallest absolute Gasteiger partial charge is 0.264 e. The molecule has 2 heterocycles. The molecule has 0 saturated carbocycles. The first kappa shape index (κ1) is 25.6. The molecule has 3 aromatic carbocycles. The van der Waals surface area contributed by atoms with Crippen molar-refractivity contribution < 1.29 is 22.3 Å². The zero-order chi connectivity index (χ0) is 26.7. The van der Waals surface area contributed by atoms with Crippen molar-refractivity contribution in [3.05, 3.63) is 90.4 Å². The van der Waals surface area contributed by atoms with Gasteiger partial charge in [-0.1, -0.05) is 30.3 Å². The van der Waals surface area contributed by atoms with Gasteiger partial charge in [0.1, 0.15) is 16.5 Å². The van der Waals surface area contributed by atoms with Crippen LogP contribution >= 0.6 is 0 Å². The number of nitrogens with zero attached hydrogens (tertiary/aromatic N) is 2. The molecule has 1 atom stereocenters. The highest BCUT2D eigenvalue weighted by molar-refractivity contribution is 7.93. The van der Waals surface area contributed by atoms with Gasteiger partial charge in [0.2, 0.25) is 0 Å². The number of rotatable bonds is 7. The first-order chi connectivity index (χ1) is 18.4. The van der Waals surface area contributed by atoms with Gasteiger partial charge in [0.25, 0.3) is 10.0 Å². The number of benzene rings is 3. The lowest BCUT2D eigenvalue weighted by Gasteiger charge is -2.24. The van der Waals surface area contributed by atoms with Crippen molar-refractivity contribution >= 4 is 38.1 Å². The van der Waals surface area contributed by atoms with Crippen molar-refractivity contribution in [2.75, 3.05) is 36.4 Å². The van der Waals surface area contributed by atoms with Crippen molar-refractivity contribution in [3.8, 4) is 5.75 Å². The molecule has 2 N–H and O–H groups in total. The van der Waals surface area contributed by atoms with Crippen molar-refractivity contribution in [3.63, 3.8) is 0 Å². The van der Waals surface area contributed by atoms with Crippen LogP contribution in [0.4, 0.5) is 15.8 Å². The van der Waals surface area contributed by atoms with Crippen LogP contribution in [0.15, 0.2) is 83.9 Å². The summed E-state index contributed by atoms with van der Waals surface area (Å²) in [5.41, 5.74) is 1.16. The molecule has 5 rings (SSSR count). The Bertz CT molecular complexity index is 1590. The molecule has 0 radical (unpaired) electrons. The summed E-state index contributed by atoms with van der Waals surface area (Å²) in [6.45, 7) is 1.86. The Kier molecular flexibility index (Phi) is 7.26. The van der Waals surface area contributed by atoms with Crippen molar-refractivity contribution in [2.45, 2.75) is 17.4 Å². The maximum absolute atomic E-state index is 15.0. The second kappa shape index (κ2) is 10.8. The second-order valence-electron chi connectivity index (χ2n) is 8.95. The van der Waals surface area contributed by atoms with Crippen LogP contribution in [-0.4, -0.2) is 52.0 Å². The fraction of sp³-hybridized carbons (Fsp3) is 0.214. The molecular formula is C28H27FN4O4S. The largest absolute Gasteiger partial charge is 0.495 e. The molecule has 0 aliphatic carbocycles. The van der Waals surface area contributed by atoms with Crippen LogP contribution in [-0.2, 0) is 10.0 Å². The standard InChI is InChI=1S/C28H27FN4O4S/c1-37-25-9-3-2-8-24(25)33-16-13-23(30-15-17-33)28(34)20-11-12-22(21(29)18-20)32-38(35,36)26-10-4-6-19-7-5-14-31-27(19)26/h2-12,14,18,23,30,32H,13,15-17H2,1H3. The number of sulfonamides is 1. The van der Waals surface area contributed by atoms with E-state index in [2.05, 4.69) is 19.9 Å². The predicted molar refractivity (Wildman–Crippen MR) is 145 cm³/mol. The Morgan fingerprint density at radius 3 is 2.71 bits per heavy atom. The molecule has 0 bridgehead atoms. The minimum Gasteiger partial charge on any atom is -0.495 e. The molecular weight excluding hydrogens is 507 g/mol. The van der Waals surface area contributed by atoms with E-state index in [0.717, 1.165) is 17.5 Å². The van der Waals surface area contributed by atoms with E-state index < -0.39 is 21.9 Å². The maximum Gasteiger partial charge on any atom is 0.264 e. The van der Waals surface area contributed by atoms with Gasteiger partial charge >= 0.3 is 0 Å². The van der Waals surface area contributed by atoms with Crippen molar-refractivity contribution in [1.82, 2.24) is 10.3 Å². The number of pyridine rings is 1. The van der Waals surface area contributed by atoms with Gasteiger partial charge in [-0.3, -0.25) is 14.5 Å². The summed E-state index contributed by atoms with van der Waals surface area (Å²) in [5, 5.41) is 3.90. The quantitative estimate of drug-likeness (QED) is 0.342. The number of carbonyl (C=O) groups excluding carboxylic acids is 1. The Labute approximate surface area is 220 Å². The number of anilines is 2. The van der Waals surface area contributed by atoms with Gasteiger partial charge in [-0.2, -0.15) is 0 Å². The highest BCUT2D eigenvalue weighted by atomic mass is 32.2. The van der Waals surface area contributed by atoms with E-state index in [-0.39, 0.29) is 27.4 Å². The van der Waals surface area contributed by atoms with E-state index in [1.54, 1.807) is 31.4 Å². The summed E-state index contributed by atoms with van der Waals surface area (Å²) in [6, 6.07) is 19.2. The zero-order valence-corrected chi connectivity index (χ0v) is 21.5. The predicted octanol–water partition coefficient (Wildman–Crippen LogP) is 4.23. The number of aromatic nitrogens is 1. The van der Waals surface area contributed by atoms with Crippen LogP contribution in [0.2, 0.25) is 0 Å². The number of hydrogen-bond donors (Lipinski definition) is 2. The minimum absolute atomic E-state index is 0.0580. The van der Waals surface area contributed by atoms with Gasteiger partial charge in [0, 0.05) is 36.8 Å². The number of fused-ring (bicyclic) bond motifs is 1. The van der Waals surface area contributed by atoms with E-state index in [1.807, 2.05) is 24.3 Å². The van der Waals surface area contributed by atoms with Crippen LogP contribution in [0, 0.1) is 5.82 Å². The molecule has 1 aromatic heterocycles. The van der Waals surface area contributed by atoms with Gasteiger partial charge in [-0.25, -0.2) is 12.8 Å². The molecule has 0 spiro atoms. The van der Waals surface area contributed by atoms with Crippen LogP contribution in [0.3, 0.4) is 0 Å². The molecule has 1 aliphatic rings. The third-order valence-corrected chi connectivity index (χ3v) is 7.98. The first-order valence-electron chi connectivity index (χ1n) is 12.2. The molecule has 38 heavy (non-hydrogen) atoms. The number of halogens is 1. The summed E-state index contributed by atoms with van der Waals surface area (Å²) < 4.78 is 48.9. The second-order valence-corrected chi connectivity index (χ2v) is 10.6. The Morgan fingerprint density at radius 2 is 1.89 bits per heavy atom. The topological polar surface area (TPSA) is 101 Å². The highest BCUT2D eigenvalue weighted by Gasteiger charge is 2.26. The summed E-state index contributed by atoms with van der Waals surface area (Å²) in [4.78, 5) is 19.5. The van der Waals surface area contributed by atoms with Gasteiger partial charge in [0.05, 0.1) is 30.0 Å². The number of nitrogens with one attached hydrogen (secondary N) is 2. The van der Waals surface area contributed by atoms with E-state index in [1.165, 1.54) is 24.4 Å². The van der Waals surface area contributed by atoms with Gasteiger partial charge in [-0.05, 0) is 48.9 Å². The summed E-state index contributed by atoms with van der Waals surface area (Å²) in [5.74, 6) is -0.327. The molecule has 4 aromatic rings. The molecule has 196 valence electrons. The van der Waals surface area contributed by atoms with Gasteiger partial charge in [-0.15, -0.1) is 0 Å². The number of carbonyl (C=O) groups is 1. The van der Waals surface area contributed by atoms with E-state index in [9.17, 15) is 13.2 Å². The third-order valence-electron chi connectivity index (χ3n) is 6.59. The fourth-order valence-electron chi connectivity index (χ4n) is 4.67. The highest BCUT2D eigenvalue weighted by Crippen LogP contribution is 2.29. The average Bonchev–Trinajstić information content (AvgIpc) is 3.19. The van der Waals surface area contributed by atoms with Crippen LogP contribution in [0.5, 0.6) is 5.75 Å². The molecule has 10 heteroatoms. The molecule has 1 saturated heterocycles. The molecule has 0 amide bonds. The lowest BCUT2D eigenvalue weighted by molar-refractivity contribution is 0.0942. The van der Waals surface area contributed by atoms with Crippen molar-refractivity contribution in [1.29, 1.82) is 0 Å². The maximum atomic E-state index is 15.0. The molecule has 1 aliphatic heterocycles. The lowest BCUT2D eigenvalue weighted by Crippen LogP contribution is -2.37. The number of para-hydroxylation sites is 3.